The molecule has 4 heteroatoms. The average Bonchev–Trinajstić information content (AvgIpc) is 3.08. The predicted molar refractivity (Wildman–Crippen MR) is 137 cm³/mol. The van der Waals surface area contributed by atoms with Crippen molar-refractivity contribution in [3.8, 4) is 0 Å². The molecule has 0 aliphatic heterocycles. The largest absolute Gasteiger partial charge is 0.469 e. The highest BCUT2D eigenvalue weighted by Crippen LogP contribution is 2.75. The van der Waals surface area contributed by atoms with Crippen molar-refractivity contribution in [3.05, 3.63) is 34.9 Å². The summed E-state index contributed by atoms with van der Waals surface area (Å²) in [4.78, 5) is 25.8. The second-order valence-electron chi connectivity index (χ2n) is 13.5. The summed E-state index contributed by atoms with van der Waals surface area (Å²) >= 11 is 0. The molecule has 0 amide bonds. The first-order chi connectivity index (χ1) is 16.4. The summed E-state index contributed by atoms with van der Waals surface area (Å²) in [5, 5.41) is 10.3. The lowest BCUT2D eigenvalue weighted by Gasteiger charge is -2.67. The number of rotatable bonds is 3. The van der Waals surface area contributed by atoms with Crippen molar-refractivity contribution in [2.75, 3.05) is 13.7 Å². The van der Waals surface area contributed by atoms with Gasteiger partial charge in [0.15, 0.2) is 0 Å². The number of allylic oxidation sites excluding steroid dienone is 4. The summed E-state index contributed by atoms with van der Waals surface area (Å²) in [6, 6.07) is 0. The van der Waals surface area contributed by atoms with Gasteiger partial charge >= 0.3 is 5.97 Å². The molecule has 5 aliphatic rings. The maximum absolute atomic E-state index is 13.4. The van der Waals surface area contributed by atoms with Crippen molar-refractivity contribution < 1.29 is 19.4 Å². The van der Waals surface area contributed by atoms with Crippen LogP contribution < -0.4 is 0 Å². The van der Waals surface area contributed by atoms with Gasteiger partial charge in [-0.05, 0) is 78.6 Å². The van der Waals surface area contributed by atoms with Gasteiger partial charge in [0.2, 0.25) is 0 Å². The molecule has 5 aliphatic carbocycles. The minimum Gasteiger partial charge on any atom is -0.469 e. The van der Waals surface area contributed by atoms with Gasteiger partial charge in [0.1, 0.15) is 6.29 Å². The van der Waals surface area contributed by atoms with Crippen LogP contribution >= 0.6 is 0 Å². The minimum atomic E-state index is -0.475. The zero-order valence-corrected chi connectivity index (χ0v) is 22.7. The van der Waals surface area contributed by atoms with Crippen LogP contribution in [0.5, 0.6) is 0 Å². The third-order valence-electron chi connectivity index (χ3n) is 12.4. The molecule has 9 atom stereocenters. The number of hydrogen-bond acceptors (Lipinski definition) is 4. The molecule has 0 aromatic heterocycles. The van der Waals surface area contributed by atoms with Crippen LogP contribution in [0, 0.1) is 50.7 Å². The molecule has 0 radical (unpaired) electrons. The van der Waals surface area contributed by atoms with Crippen LogP contribution in [0.15, 0.2) is 34.9 Å². The maximum atomic E-state index is 13.4. The van der Waals surface area contributed by atoms with Crippen molar-refractivity contribution in [2.45, 2.75) is 80.1 Å². The number of carbonyl (C=O) groups is 2. The topological polar surface area (TPSA) is 63.6 Å². The van der Waals surface area contributed by atoms with E-state index >= 15 is 0 Å². The summed E-state index contributed by atoms with van der Waals surface area (Å²) in [6.07, 6.45) is 13.6. The molecule has 0 aromatic carbocycles. The quantitative estimate of drug-likeness (QED) is 0.303. The number of methoxy groups -OCH3 is 1. The Kier molecular flexibility index (Phi) is 5.47. The number of fused-ring (bicyclic) bond motifs is 7. The van der Waals surface area contributed by atoms with Gasteiger partial charge in [0.05, 0.1) is 19.1 Å². The number of esters is 1. The molecule has 2 saturated carbocycles. The fourth-order valence-corrected chi connectivity index (χ4v) is 9.94. The van der Waals surface area contributed by atoms with E-state index in [1.54, 1.807) is 7.11 Å². The first kappa shape index (κ1) is 25.0. The highest BCUT2D eigenvalue weighted by atomic mass is 16.5. The molecule has 0 aromatic rings. The molecule has 0 spiro atoms. The van der Waals surface area contributed by atoms with E-state index in [1.807, 2.05) is 6.08 Å². The van der Waals surface area contributed by atoms with E-state index in [9.17, 15) is 14.7 Å². The van der Waals surface area contributed by atoms with Crippen molar-refractivity contribution in [2.24, 2.45) is 50.7 Å². The Balaban J connectivity index is 1.67. The molecule has 2 fully saturated rings. The van der Waals surface area contributed by atoms with Crippen LogP contribution in [-0.2, 0) is 14.3 Å². The second-order valence-corrected chi connectivity index (χ2v) is 13.5. The molecule has 1 N–H and O–H groups in total. The number of aliphatic hydroxyl groups is 1. The van der Waals surface area contributed by atoms with Gasteiger partial charge in [-0.1, -0.05) is 70.9 Å². The Hall–Kier alpha value is -1.68. The monoisotopic (exact) mass is 480 g/mol. The van der Waals surface area contributed by atoms with E-state index in [0.717, 1.165) is 50.4 Å². The molecule has 0 heterocycles. The Morgan fingerprint density at radius 1 is 1.14 bits per heavy atom. The van der Waals surface area contributed by atoms with E-state index < -0.39 is 10.8 Å². The Morgan fingerprint density at radius 3 is 2.49 bits per heavy atom. The summed E-state index contributed by atoms with van der Waals surface area (Å²) < 4.78 is 5.47. The van der Waals surface area contributed by atoms with Gasteiger partial charge in [0.25, 0.3) is 0 Å². The molecule has 0 bridgehead atoms. The van der Waals surface area contributed by atoms with Crippen molar-refractivity contribution >= 4 is 12.3 Å². The van der Waals surface area contributed by atoms with Crippen LogP contribution in [-0.4, -0.2) is 31.1 Å². The average molecular weight is 481 g/mol. The third-order valence-corrected chi connectivity index (χ3v) is 12.4. The van der Waals surface area contributed by atoms with Gasteiger partial charge in [-0.3, -0.25) is 9.59 Å². The van der Waals surface area contributed by atoms with Crippen LogP contribution in [0.25, 0.3) is 0 Å². The van der Waals surface area contributed by atoms with Crippen LogP contribution in [0.2, 0.25) is 0 Å². The predicted octanol–water partition coefficient (Wildman–Crippen LogP) is 6.05. The lowest BCUT2D eigenvalue weighted by Crippen LogP contribution is -2.62. The fraction of sp³-hybridized carbons (Fsp3) is 0.742. The van der Waals surface area contributed by atoms with Gasteiger partial charge in [0, 0.05) is 10.8 Å². The van der Waals surface area contributed by atoms with Gasteiger partial charge in [-0.2, -0.15) is 0 Å². The molecule has 0 saturated heterocycles. The SMILES string of the molecule is COC(=O)[C@]12CC[C@@H](C)[C@H](C)[C@@H]1C1=CC[C@@H]3[C@@]4(C)C(C=O)=C[C@@](C)(CO)C4=CC[C@@]3(C)[C@]1(C)CC2. The summed E-state index contributed by atoms with van der Waals surface area (Å²) in [5.74, 6) is 1.46. The van der Waals surface area contributed by atoms with E-state index in [0.29, 0.717) is 11.8 Å². The van der Waals surface area contributed by atoms with Crippen LogP contribution in [0.1, 0.15) is 80.1 Å². The molecular formula is C31H44O4. The lowest BCUT2D eigenvalue weighted by atomic mass is 9.36. The van der Waals surface area contributed by atoms with Gasteiger partial charge in [-0.15, -0.1) is 0 Å². The fourth-order valence-electron chi connectivity index (χ4n) is 9.94. The number of aldehydes is 1. The first-order valence-corrected chi connectivity index (χ1v) is 13.7. The Bertz CT molecular complexity index is 1050. The van der Waals surface area contributed by atoms with Crippen molar-refractivity contribution in [1.82, 2.24) is 0 Å². The highest BCUT2D eigenvalue weighted by Gasteiger charge is 2.69. The molecule has 35 heavy (non-hydrogen) atoms. The Labute approximate surface area is 211 Å². The molecule has 0 unspecified atom stereocenters. The van der Waals surface area contributed by atoms with Crippen molar-refractivity contribution in [1.29, 1.82) is 0 Å². The van der Waals surface area contributed by atoms with E-state index in [-0.39, 0.29) is 40.7 Å². The van der Waals surface area contributed by atoms with Crippen LogP contribution in [0.3, 0.4) is 0 Å². The van der Waals surface area contributed by atoms with Crippen LogP contribution in [0.4, 0.5) is 0 Å². The van der Waals surface area contributed by atoms with E-state index in [1.165, 1.54) is 11.1 Å². The standard InChI is InChI=1S/C31H44O4/c1-19-10-13-31(26(34)35-7)15-14-28(4)22(25(31)20(19)2)8-9-24-29(28,5)12-11-23-27(3,18-33)16-21(17-32)30(23,24)6/h8,11,16-17,19-20,24-25,33H,9-10,12-15,18H2,1-7H3/t19-,20+,24+,25-,27+,28-,29-,30+,31+/m1/s1. The number of aliphatic hydroxyl groups excluding tert-OH is 1. The maximum Gasteiger partial charge on any atom is 0.312 e. The number of carbonyl (C=O) groups excluding carboxylic acids is 2. The first-order valence-electron chi connectivity index (χ1n) is 13.7. The minimum absolute atomic E-state index is 0.0186. The summed E-state index contributed by atoms with van der Waals surface area (Å²) in [6.45, 7) is 13.9. The zero-order chi connectivity index (χ0) is 25.6. The Morgan fingerprint density at radius 2 is 1.86 bits per heavy atom. The molecular weight excluding hydrogens is 436 g/mol. The summed E-state index contributed by atoms with van der Waals surface area (Å²) in [7, 11) is 1.55. The van der Waals surface area contributed by atoms with Gasteiger partial charge < -0.3 is 9.84 Å². The smallest absolute Gasteiger partial charge is 0.312 e. The molecule has 192 valence electrons. The zero-order valence-electron chi connectivity index (χ0n) is 22.7. The number of hydrogen-bond donors (Lipinski definition) is 1. The normalized spacial score (nSPS) is 50.5. The molecule has 5 rings (SSSR count). The molecule has 4 nitrogen and oxygen atoms in total. The summed E-state index contributed by atoms with van der Waals surface area (Å²) in [5.41, 5.74) is 2.17. The highest BCUT2D eigenvalue weighted by molar-refractivity contribution is 5.81. The third kappa shape index (κ3) is 2.78. The lowest BCUT2D eigenvalue weighted by molar-refractivity contribution is -0.171. The van der Waals surface area contributed by atoms with E-state index in [4.69, 9.17) is 4.74 Å². The van der Waals surface area contributed by atoms with E-state index in [2.05, 4.69) is 53.7 Å². The number of ether oxygens (including phenoxy) is 1. The van der Waals surface area contributed by atoms with Gasteiger partial charge in [-0.25, -0.2) is 0 Å². The van der Waals surface area contributed by atoms with Crippen molar-refractivity contribution in [3.63, 3.8) is 0 Å². The second kappa shape index (κ2) is 7.66.